The van der Waals surface area contributed by atoms with Gasteiger partial charge in [-0.25, -0.2) is 0 Å². The number of unbranched alkanes of at least 4 members (excludes halogenated alkanes) is 2. The highest BCUT2D eigenvalue weighted by molar-refractivity contribution is 5.86. The van der Waals surface area contributed by atoms with Gasteiger partial charge in [-0.05, 0) is 74.5 Å². The number of benzene rings is 2. The summed E-state index contributed by atoms with van der Waals surface area (Å²) in [6.07, 6.45) is 7.17. The molecular weight excluding hydrogens is 437 g/mol. The molecule has 32 heavy (non-hydrogen) atoms. The predicted molar refractivity (Wildman–Crippen MR) is 144 cm³/mol. The first kappa shape index (κ1) is 26.6. The Morgan fingerprint density at radius 2 is 1.62 bits per heavy atom. The van der Waals surface area contributed by atoms with Crippen LogP contribution in [0.4, 0.5) is 5.69 Å². The van der Waals surface area contributed by atoms with Gasteiger partial charge in [0.15, 0.2) is 0 Å². The van der Waals surface area contributed by atoms with E-state index in [0.717, 1.165) is 32.5 Å². The third-order valence-corrected chi connectivity index (χ3v) is 6.51. The molecule has 0 saturated carbocycles. The molecule has 1 aromatic heterocycles. The summed E-state index contributed by atoms with van der Waals surface area (Å²) in [5.74, 6) is 0. The topological polar surface area (TPSA) is 31.1 Å². The van der Waals surface area contributed by atoms with E-state index in [-0.39, 0.29) is 24.8 Å². The average molecular weight is 477 g/mol. The van der Waals surface area contributed by atoms with Crippen LogP contribution in [0.2, 0.25) is 0 Å². The van der Waals surface area contributed by atoms with E-state index in [1.807, 2.05) is 0 Å². The molecule has 0 saturated heterocycles. The smallest absolute Gasteiger partial charge is 0.0517 e. The second-order valence-corrected chi connectivity index (χ2v) is 8.89. The lowest BCUT2D eigenvalue weighted by atomic mass is 9.94. The zero-order valence-electron chi connectivity index (χ0n) is 19.7. The Morgan fingerprint density at radius 1 is 0.938 bits per heavy atom. The SMILES string of the molecule is CCCCN(CCCC)c1ccc(CC2NCCc3c2[nH]c2ccc(C)cc32)cc1.Cl.Cl. The van der Waals surface area contributed by atoms with E-state index in [1.54, 1.807) is 0 Å². The molecular formula is C27H39Cl2N3. The van der Waals surface area contributed by atoms with Crippen molar-refractivity contribution in [3.8, 4) is 0 Å². The highest BCUT2D eigenvalue weighted by atomic mass is 35.5. The Labute approximate surface area is 206 Å². The Kier molecular flexibility index (Phi) is 10.4. The molecule has 3 nitrogen and oxygen atoms in total. The summed E-state index contributed by atoms with van der Waals surface area (Å²) in [6.45, 7) is 10.1. The maximum Gasteiger partial charge on any atom is 0.0517 e. The number of nitrogens with one attached hydrogen (secondary N) is 2. The van der Waals surface area contributed by atoms with Gasteiger partial charge in [-0.2, -0.15) is 0 Å². The summed E-state index contributed by atoms with van der Waals surface area (Å²) < 4.78 is 0. The molecule has 4 rings (SSSR count). The van der Waals surface area contributed by atoms with Gasteiger partial charge in [-0.3, -0.25) is 0 Å². The van der Waals surface area contributed by atoms with Crippen LogP contribution in [0.25, 0.3) is 10.9 Å². The van der Waals surface area contributed by atoms with Crippen molar-refractivity contribution in [2.75, 3.05) is 24.5 Å². The van der Waals surface area contributed by atoms with Gasteiger partial charge in [-0.15, -0.1) is 24.8 Å². The number of H-pyrrole nitrogens is 1. The van der Waals surface area contributed by atoms with Crippen molar-refractivity contribution < 1.29 is 0 Å². The van der Waals surface area contributed by atoms with Crippen molar-refractivity contribution in [1.29, 1.82) is 0 Å². The molecule has 0 amide bonds. The highest BCUT2D eigenvalue weighted by Gasteiger charge is 2.24. The second-order valence-electron chi connectivity index (χ2n) is 8.89. The molecule has 0 spiro atoms. The van der Waals surface area contributed by atoms with Crippen LogP contribution in [0.15, 0.2) is 42.5 Å². The third-order valence-electron chi connectivity index (χ3n) is 6.51. The zero-order valence-corrected chi connectivity index (χ0v) is 21.4. The van der Waals surface area contributed by atoms with Crippen molar-refractivity contribution in [2.45, 2.75) is 65.3 Å². The minimum Gasteiger partial charge on any atom is -0.372 e. The van der Waals surface area contributed by atoms with Gasteiger partial charge in [0.25, 0.3) is 0 Å². The number of hydrogen-bond acceptors (Lipinski definition) is 2. The number of anilines is 1. The average Bonchev–Trinajstić information content (AvgIpc) is 3.14. The van der Waals surface area contributed by atoms with Gasteiger partial charge < -0.3 is 15.2 Å². The minimum atomic E-state index is 0. The molecule has 176 valence electrons. The number of hydrogen-bond donors (Lipinski definition) is 2. The Morgan fingerprint density at radius 3 is 2.28 bits per heavy atom. The van der Waals surface area contributed by atoms with Gasteiger partial charge in [-0.1, -0.05) is 50.5 Å². The molecule has 2 N–H and O–H groups in total. The van der Waals surface area contributed by atoms with Gasteiger partial charge in [0.2, 0.25) is 0 Å². The number of aromatic amines is 1. The Hall–Kier alpha value is -1.68. The first-order valence-electron chi connectivity index (χ1n) is 11.9. The van der Waals surface area contributed by atoms with E-state index in [4.69, 9.17) is 0 Å². The van der Waals surface area contributed by atoms with Crippen LogP contribution in [-0.4, -0.2) is 24.6 Å². The van der Waals surface area contributed by atoms with E-state index in [9.17, 15) is 0 Å². The maximum absolute atomic E-state index is 3.75. The number of fused-ring (bicyclic) bond motifs is 3. The van der Waals surface area contributed by atoms with E-state index >= 15 is 0 Å². The molecule has 1 atom stereocenters. The van der Waals surface area contributed by atoms with Gasteiger partial charge in [0.05, 0.1) is 6.04 Å². The molecule has 1 aliphatic heterocycles. The van der Waals surface area contributed by atoms with E-state index in [0.29, 0.717) is 6.04 Å². The third kappa shape index (κ3) is 6.01. The summed E-state index contributed by atoms with van der Waals surface area (Å²) in [5, 5.41) is 5.16. The van der Waals surface area contributed by atoms with Crippen LogP contribution >= 0.6 is 24.8 Å². The van der Waals surface area contributed by atoms with Gasteiger partial charge in [0, 0.05) is 35.4 Å². The van der Waals surface area contributed by atoms with E-state index in [2.05, 4.69) is 78.4 Å². The first-order valence-corrected chi connectivity index (χ1v) is 11.9. The maximum atomic E-state index is 3.75. The van der Waals surface area contributed by atoms with Crippen molar-refractivity contribution in [3.63, 3.8) is 0 Å². The quantitative estimate of drug-likeness (QED) is 0.343. The minimum absolute atomic E-state index is 0. The lowest BCUT2D eigenvalue weighted by molar-refractivity contribution is 0.495. The van der Waals surface area contributed by atoms with Crippen molar-refractivity contribution in [3.05, 3.63) is 64.8 Å². The zero-order chi connectivity index (χ0) is 20.9. The van der Waals surface area contributed by atoms with Crippen molar-refractivity contribution in [1.82, 2.24) is 10.3 Å². The number of aryl methyl sites for hydroxylation is 1. The number of rotatable bonds is 9. The summed E-state index contributed by atoms with van der Waals surface area (Å²) in [5.41, 5.74) is 8.30. The largest absolute Gasteiger partial charge is 0.372 e. The Bertz CT molecular complexity index is 957. The fourth-order valence-electron chi connectivity index (χ4n) is 4.74. The molecule has 3 aromatic rings. The molecule has 2 heterocycles. The first-order chi connectivity index (χ1) is 14.7. The van der Waals surface area contributed by atoms with E-state index < -0.39 is 0 Å². The summed E-state index contributed by atoms with van der Waals surface area (Å²) >= 11 is 0. The Balaban J connectivity index is 0.00000181. The van der Waals surface area contributed by atoms with Crippen LogP contribution in [0.3, 0.4) is 0 Å². The summed E-state index contributed by atoms with van der Waals surface area (Å²) in [7, 11) is 0. The standard InChI is InChI=1S/C27H37N3.2ClH/c1-4-6-16-30(17-7-5-2)22-11-9-21(10-12-22)19-26-27-23(14-15-28-26)24-18-20(3)8-13-25(24)29-27;;/h8-13,18,26,28-29H,4-7,14-17,19H2,1-3H3;2*1H. The molecule has 0 aliphatic carbocycles. The van der Waals surface area contributed by atoms with Crippen LogP contribution < -0.4 is 10.2 Å². The molecule has 0 bridgehead atoms. The molecule has 0 radical (unpaired) electrons. The van der Waals surface area contributed by atoms with Crippen LogP contribution in [0.5, 0.6) is 0 Å². The van der Waals surface area contributed by atoms with Crippen LogP contribution in [-0.2, 0) is 12.8 Å². The normalized spacial score (nSPS) is 15.0. The molecule has 5 heteroatoms. The highest BCUT2D eigenvalue weighted by Crippen LogP contribution is 2.32. The number of halogens is 2. The lowest BCUT2D eigenvalue weighted by Crippen LogP contribution is -2.31. The second kappa shape index (κ2) is 12.5. The van der Waals surface area contributed by atoms with Gasteiger partial charge in [0.1, 0.15) is 0 Å². The van der Waals surface area contributed by atoms with E-state index in [1.165, 1.54) is 64.7 Å². The molecule has 1 aliphatic rings. The molecule has 1 unspecified atom stereocenters. The molecule has 0 fully saturated rings. The van der Waals surface area contributed by atoms with Crippen LogP contribution in [0.1, 0.15) is 68.0 Å². The van der Waals surface area contributed by atoms with Crippen molar-refractivity contribution in [2.24, 2.45) is 0 Å². The number of nitrogens with zero attached hydrogens (tertiary/aromatic N) is 1. The molecule has 2 aromatic carbocycles. The monoisotopic (exact) mass is 475 g/mol. The fourth-order valence-corrected chi connectivity index (χ4v) is 4.74. The van der Waals surface area contributed by atoms with Gasteiger partial charge >= 0.3 is 0 Å². The summed E-state index contributed by atoms with van der Waals surface area (Å²) in [4.78, 5) is 6.28. The number of aromatic nitrogens is 1. The van der Waals surface area contributed by atoms with Crippen molar-refractivity contribution >= 4 is 41.4 Å². The predicted octanol–water partition coefficient (Wildman–Crippen LogP) is 7.16. The fraction of sp³-hybridized carbons (Fsp3) is 0.481. The lowest BCUT2D eigenvalue weighted by Gasteiger charge is -2.26. The summed E-state index contributed by atoms with van der Waals surface area (Å²) in [6, 6.07) is 16.5. The van der Waals surface area contributed by atoms with Crippen LogP contribution in [0, 0.1) is 6.92 Å².